The lowest BCUT2D eigenvalue weighted by molar-refractivity contribution is -0.136. The minimum Gasteiger partial charge on any atom is -0.486 e. The third-order valence-electron chi connectivity index (χ3n) is 6.09. The van der Waals surface area contributed by atoms with Crippen molar-refractivity contribution in [1.82, 2.24) is 10.2 Å². The van der Waals surface area contributed by atoms with Crippen molar-refractivity contribution in [3.63, 3.8) is 0 Å². The van der Waals surface area contributed by atoms with Crippen LogP contribution in [0.25, 0.3) is 0 Å². The summed E-state index contributed by atoms with van der Waals surface area (Å²) in [6, 6.07) is 15.2. The number of carbonyl (C=O) groups excluding carboxylic acids is 2. The van der Waals surface area contributed by atoms with Crippen LogP contribution in [-0.4, -0.2) is 29.8 Å². The van der Waals surface area contributed by atoms with Crippen molar-refractivity contribution < 1.29 is 23.1 Å². The summed E-state index contributed by atoms with van der Waals surface area (Å²) in [5.74, 6) is 0.655. The second-order valence-electron chi connectivity index (χ2n) is 9.07. The largest absolute Gasteiger partial charge is 0.486 e. The zero-order chi connectivity index (χ0) is 24.9. The van der Waals surface area contributed by atoms with Gasteiger partial charge in [0.25, 0.3) is 5.91 Å². The molecule has 2 amide bonds. The van der Waals surface area contributed by atoms with E-state index in [1.165, 1.54) is 12.1 Å². The van der Waals surface area contributed by atoms with Crippen molar-refractivity contribution in [3.05, 3.63) is 88.6 Å². The fraction of sp³-hybridized carbons (Fsp3) is 0.357. The van der Waals surface area contributed by atoms with Crippen LogP contribution in [0.5, 0.6) is 5.75 Å². The Morgan fingerprint density at radius 2 is 2.00 bits per heavy atom. The van der Waals surface area contributed by atoms with E-state index in [2.05, 4.69) is 5.32 Å². The Balaban J connectivity index is 1.58. The molecule has 0 saturated carbocycles. The van der Waals surface area contributed by atoms with Gasteiger partial charge in [-0.3, -0.25) is 9.59 Å². The molecule has 2 heterocycles. The maximum atomic E-state index is 14.1. The predicted molar refractivity (Wildman–Crippen MR) is 131 cm³/mol. The Bertz CT molecular complexity index is 1200. The second kappa shape index (κ2) is 10.8. The van der Waals surface area contributed by atoms with E-state index in [0.717, 1.165) is 23.1 Å². The van der Waals surface area contributed by atoms with Crippen molar-refractivity contribution >= 4 is 11.8 Å². The van der Waals surface area contributed by atoms with Gasteiger partial charge in [-0.15, -0.1) is 0 Å². The molecule has 7 heteroatoms. The third-order valence-corrected chi connectivity index (χ3v) is 6.09. The van der Waals surface area contributed by atoms with E-state index in [1.807, 2.05) is 49.9 Å². The van der Waals surface area contributed by atoms with Gasteiger partial charge in [-0.2, -0.15) is 0 Å². The number of nitrogens with zero attached hydrogens (tertiary/aromatic N) is 1. The first-order valence-corrected chi connectivity index (χ1v) is 12.1. The molecule has 0 radical (unpaired) electrons. The average Bonchev–Trinajstić information content (AvgIpc) is 3.34. The van der Waals surface area contributed by atoms with Gasteiger partial charge in [-0.25, -0.2) is 4.39 Å². The molecule has 1 aromatic heterocycles. The fourth-order valence-corrected chi connectivity index (χ4v) is 4.35. The van der Waals surface area contributed by atoms with E-state index in [4.69, 9.17) is 9.15 Å². The summed E-state index contributed by atoms with van der Waals surface area (Å²) in [6.45, 7) is 7.04. The molecule has 4 rings (SSSR count). The smallest absolute Gasteiger partial charge is 0.286 e. The SMILES string of the molecule is CCCNC(=O)c1ccc(COc2ccc3c(c2)[C@H](c2cccc(F)c2)N(C(=O)C(C)C)CC3)o1. The first-order chi connectivity index (χ1) is 16.9. The van der Waals surface area contributed by atoms with E-state index < -0.39 is 6.04 Å². The van der Waals surface area contributed by atoms with Crippen molar-refractivity contribution in [2.24, 2.45) is 5.92 Å². The Morgan fingerprint density at radius 3 is 2.74 bits per heavy atom. The van der Waals surface area contributed by atoms with Crippen LogP contribution in [0.15, 0.2) is 59.0 Å². The molecule has 0 fully saturated rings. The normalized spacial score (nSPS) is 15.1. The molecule has 35 heavy (non-hydrogen) atoms. The first kappa shape index (κ1) is 24.5. The summed E-state index contributed by atoms with van der Waals surface area (Å²) in [6.07, 6.45) is 1.56. The van der Waals surface area contributed by atoms with Crippen molar-refractivity contribution in [2.75, 3.05) is 13.1 Å². The predicted octanol–water partition coefficient (Wildman–Crippen LogP) is 5.27. The maximum absolute atomic E-state index is 14.1. The monoisotopic (exact) mass is 478 g/mol. The van der Waals surface area contributed by atoms with Gasteiger partial charge in [0.15, 0.2) is 5.76 Å². The molecule has 1 N–H and O–H groups in total. The van der Waals surface area contributed by atoms with Gasteiger partial charge in [-0.05, 0) is 65.9 Å². The van der Waals surface area contributed by atoms with Gasteiger partial charge in [0.05, 0.1) is 6.04 Å². The highest BCUT2D eigenvalue weighted by Gasteiger charge is 2.33. The summed E-state index contributed by atoms with van der Waals surface area (Å²) >= 11 is 0. The number of nitrogens with one attached hydrogen (secondary N) is 1. The Labute approximate surface area is 205 Å². The number of rotatable bonds is 8. The number of carbonyl (C=O) groups is 2. The molecule has 6 nitrogen and oxygen atoms in total. The third kappa shape index (κ3) is 5.56. The van der Waals surface area contributed by atoms with E-state index in [0.29, 0.717) is 31.0 Å². The Morgan fingerprint density at radius 1 is 1.17 bits per heavy atom. The lowest BCUT2D eigenvalue weighted by Gasteiger charge is -2.39. The molecule has 184 valence electrons. The maximum Gasteiger partial charge on any atom is 0.286 e. The van der Waals surface area contributed by atoms with E-state index in [-0.39, 0.29) is 35.9 Å². The topological polar surface area (TPSA) is 71.8 Å². The van der Waals surface area contributed by atoms with E-state index >= 15 is 0 Å². The number of halogens is 1. The highest BCUT2D eigenvalue weighted by atomic mass is 19.1. The zero-order valence-corrected chi connectivity index (χ0v) is 20.3. The lowest BCUT2D eigenvalue weighted by atomic mass is 9.87. The average molecular weight is 479 g/mol. The van der Waals surface area contributed by atoms with Gasteiger partial charge < -0.3 is 19.4 Å². The van der Waals surface area contributed by atoms with Crippen LogP contribution >= 0.6 is 0 Å². The summed E-state index contributed by atoms with van der Waals surface area (Å²) < 4.78 is 25.7. The summed E-state index contributed by atoms with van der Waals surface area (Å²) in [7, 11) is 0. The molecule has 0 bridgehead atoms. The van der Waals surface area contributed by atoms with Crippen molar-refractivity contribution in [3.8, 4) is 5.75 Å². The molecule has 3 aromatic rings. The number of benzene rings is 2. The van der Waals surface area contributed by atoms with Crippen LogP contribution in [0.1, 0.15) is 66.2 Å². The van der Waals surface area contributed by atoms with Crippen LogP contribution in [0.3, 0.4) is 0 Å². The standard InChI is InChI=1S/C28H31FN2O4/c1-4-13-30-27(32)25-11-10-23(35-25)17-34-22-9-8-19-12-14-31(28(33)18(2)3)26(24(19)16-22)20-6-5-7-21(29)15-20/h5-11,15-16,18,26H,4,12-14,17H2,1-3H3,(H,30,32)/t26-/m0/s1. The molecule has 0 unspecified atom stereocenters. The second-order valence-corrected chi connectivity index (χ2v) is 9.07. The molecule has 2 aromatic carbocycles. The van der Waals surface area contributed by atoms with Crippen molar-refractivity contribution in [1.29, 1.82) is 0 Å². The van der Waals surface area contributed by atoms with E-state index in [9.17, 15) is 14.0 Å². The van der Waals surface area contributed by atoms with Gasteiger partial charge in [0.1, 0.15) is 23.9 Å². The number of fused-ring (bicyclic) bond motifs is 1. The molecule has 1 atom stereocenters. The van der Waals surface area contributed by atoms with E-state index in [1.54, 1.807) is 18.2 Å². The molecular weight excluding hydrogens is 447 g/mol. The molecule has 0 saturated heterocycles. The molecule has 0 aliphatic carbocycles. The number of hydrogen-bond acceptors (Lipinski definition) is 4. The number of ether oxygens (including phenoxy) is 1. The molecule has 0 spiro atoms. The van der Waals surface area contributed by atoms with Crippen LogP contribution in [0, 0.1) is 11.7 Å². The number of furan rings is 1. The minimum absolute atomic E-state index is 0.0284. The summed E-state index contributed by atoms with van der Waals surface area (Å²) in [5.41, 5.74) is 2.76. The molecule has 1 aliphatic rings. The highest BCUT2D eigenvalue weighted by Crippen LogP contribution is 2.38. The van der Waals surface area contributed by atoms with Crippen LogP contribution < -0.4 is 10.1 Å². The quantitative estimate of drug-likeness (QED) is 0.479. The zero-order valence-electron chi connectivity index (χ0n) is 20.3. The van der Waals surface area contributed by atoms with Crippen molar-refractivity contribution in [2.45, 2.75) is 46.3 Å². The van der Waals surface area contributed by atoms with Gasteiger partial charge in [0.2, 0.25) is 5.91 Å². The molecular formula is C28H31FN2O4. The van der Waals surface area contributed by atoms with Gasteiger partial charge in [-0.1, -0.05) is 39.0 Å². The fourth-order valence-electron chi connectivity index (χ4n) is 4.35. The summed E-state index contributed by atoms with van der Waals surface area (Å²) in [5, 5.41) is 2.78. The highest BCUT2D eigenvalue weighted by molar-refractivity contribution is 5.91. The molecule has 1 aliphatic heterocycles. The van der Waals surface area contributed by atoms with Crippen LogP contribution in [0.4, 0.5) is 4.39 Å². The van der Waals surface area contributed by atoms with Crippen LogP contribution in [0.2, 0.25) is 0 Å². The first-order valence-electron chi connectivity index (χ1n) is 12.1. The number of hydrogen-bond donors (Lipinski definition) is 1. The summed E-state index contributed by atoms with van der Waals surface area (Å²) in [4.78, 5) is 27.0. The lowest BCUT2D eigenvalue weighted by Crippen LogP contribution is -2.42. The van der Waals surface area contributed by atoms with Gasteiger partial charge >= 0.3 is 0 Å². The Kier molecular flexibility index (Phi) is 7.54. The van der Waals surface area contributed by atoms with Gasteiger partial charge in [0, 0.05) is 19.0 Å². The van der Waals surface area contributed by atoms with Crippen LogP contribution in [-0.2, 0) is 17.8 Å². The minimum atomic E-state index is -0.398. The Hall–Kier alpha value is -3.61. The number of amides is 2.